The van der Waals surface area contributed by atoms with Gasteiger partial charge in [0.2, 0.25) is 0 Å². The first kappa shape index (κ1) is 10.8. The molecule has 0 amide bonds. The van der Waals surface area contributed by atoms with Crippen LogP contribution in [0.25, 0.3) is 0 Å². The standard InChI is InChI=1S/C11H12F3N3/c12-11(13,14)8-5-17(6-8)9-3-4-15-10(16-9)7-1-2-7/h3-4,7-8H,1-2,5-6H2. The van der Waals surface area contributed by atoms with Gasteiger partial charge in [-0.15, -0.1) is 0 Å². The van der Waals surface area contributed by atoms with Crippen molar-refractivity contribution in [3.8, 4) is 0 Å². The van der Waals surface area contributed by atoms with Crippen molar-refractivity contribution in [3.63, 3.8) is 0 Å². The van der Waals surface area contributed by atoms with Crippen LogP contribution >= 0.6 is 0 Å². The Balaban J connectivity index is 1.68. The number of nitrogens with zero attached hydrogens (tertiary/aromatic N) is 3. The first-order valence-electron chi connectivity index (χ1n) is 5.68. The molecule has 2 heterocycles. The fourth-order valence-electron chi connectivity index (χ4n) is 1.95. The molecule has 1 aromatic heterocycles. The van der Waals surface area contributed by atoms with Gasteiger partial charge in [0.25, 0.3) is 0 Å². The minimum atomic E-state index is -4.08. The highest BCUT2D eigenvalue weighted by molar-refractivity contribution is 5.41. The summed E-state index contributed by atoms with van der Waals surface area (Å²) in [5.74, 6) is 0.622. The van der Waals surface area contributed by atoms with Crippen molar-refractivity contribution < 1.29 is 13.2 Å². The Bertz CT molecular complexity index is 422. The summed E-state index contributed by atoms with van der Waals surface area (Å²) in [4.78, 5) is 10.1. The van der Waals surface area contributed by atoms with E-state index in [2.05, 4.69) is 9.97 Å². The number of anilines is 1. The zero-order valence-electron chi connectivity index (χ0n) is 9.11. The van der Waals surface area contributed by atoms with E-state index in [-0.39, 0.29) is 13.1 Å². The summed E-state index contributed by atoms with van der Waals surface area (Å²) in [6, 6.07) is 1.68. The monoisotopic (exact) mass is 243 g/mol. The molecule has 92 valence electrons. The van der Waals surface area contributed by atoms with Crippen molar-refractivity contribution in [2.75, 3.05) is 18.0 Å². The van der Waals surface area contributed by atoms with Crippen LogP contribution in [0.1, 0.15) is 24.6 Å². The van der Waals surface area contributed by atoms with Crippen LogP contribution in [-0.2, 0) is 0 Å². The average molecular weight is 243 g/mol. The molecule has 1 aliphatic heterocycles. The van der Waals surface area contributed by atoms with E-state index in [9.17, 15) is 13.2 Å². The number of halogens is 3. The number of hydrogen-bond donors (Lipinski definition) is 0. The number of alkyl halides is 3. The summed E-state index contributed by atoms with van der Waals surface area (Å²) < 4.78 is 37.0. The Morgan fingerprint density at radius 3 is 2.53 bits per heavy atom. The maximum absolute atomic E-state index is 12.3. The van der Waals surface area contributed by atoms with Crippen LogP contribution in [-0.4, -0.2) is 29.2 Å². The quantitative estimate of drug-likeness (QED) is 0.798. The molecule has 0 N–H and O–H groups in total. The van der Waals surface area contributed by atoms with Gasteiger partial charge in [-0.2, -0.15) is 13.2 Å². The lowest BCUT2D eigenvalue weighted by Gasteiger charge is -2.40. The van der Waals surface area contributed by atoms with Gasteiger partial charge in [0.15, 0.2) is 0 Å². The van der Waals surface area contributed by atoms with E-state index in [1.165, 1.54) is 0 Å². The molecule has 0 aromatic carbocycles. The molecule has 3 nitrogen and oxygen atoms in total. The molecule has 2 aliphatic rings. The number of rotatable bonds is 2. The third-order valence-electron chi connectivity index (χ3n) is 3.27. The van der Waals surface area contributed by atoms with Gasteiger partial charge >= 0.3 is 6.18 Å². The maximum Gasteiger partial charge on any atom is 0.395 e. The molecule has 0 atom stereocenters. The van der Waals surface area contributed by atoms with Crippen LogP contribution in [0.2, 0.25) is 0 Å². The summed E-state index contributed by atoms with van der Waals surface area (Å²) in [5.41, 5.74) is 0. The molecule has 2 fully saturated rings. The van der Waals surface area contributed by atoms with Crippen molar-refractivity contribution in [1.82, 2.24) is 9.97 Å². The second-order valence-corrected chi connectivity index (χ2v) is 4.69. The molecule has 3 rings (SSSR count). The largest absolute Gasteiger partial charge is 0.395 e. The zero-order chi connectivity index (χ0) is 12.0. The highest BCUT2D eigenvalue weighted by Gasteiger charge is 2.47. The second-order valence-electron chi connectivity index (χ2n) is 4.69. The van der Waals surface area contributed by atoms with E-state index in [1.807, 2.05) is 0 Å². The molecule has 0 spiro atoms. The van der Waals surface area contributed by atoms with Gasteiger partial charge in [-0.25, -0.2) is 9.97 Å². The average Bonchev–Trinajstić information content (AvgIpc) is 2.96. The van der Waals surface area contributed by atoms with Crippen molar-refractivity contribution in [2.24, 2.45) is 5.92 Å². The third kappa shape index (κ3) is 2.08. The summed E-state index contributed by atoms with van der Waals surface area (Å²) >= 11 is 0. The van der Waals surface area contributed by atoms with Crippen molar-refractivity contribution in [2.45, 2.75) is 24.9 Å². The van der Waals surface area contributed by atoms with E-state index in [0.29, 0.717) is 11.7 Å². The van der Waals surface area contributed by atoms with Gasteiger partial charge in [0.05, 0.1) is 5.92 Å². The molecule has 1 saturated carbocycles. The summed E-state index contributed by atoms with van der Waals surface area (Å²) in [6.45, 7) is 0.0369. The van der Waals surface area contributed by atoms with E-state index < -0.39 is 12.1 Å². The molecule has 0 radical (unpaired) electrons. The van der Waals surface area contributed by atoms with Crippen molar-refractivity contribution in [1.29, 1.82) is 0 Å². The Kier molecular flexibility index (Phi) is 2.27. The molecule has 17 heavy (non-hydrogen) atoms. The normalized spacial score (nSPS) is 21.5. The molecular formula is C11H12F3N3. The van der Waals surface area contributed by atoms with Crippen LogP contribution in [0.15, 0.2) is 12.3 Å². The predicted molar refractivity (Wildman–Crippen MR) is 55.8 cm³/mol. The number of aromatic nitrogens is 2. The van der Waals surface area contributed by atoms with E-state index >= 15 is 0 Å². The summed E-state index contributed by atoms with van der Waals surface area (Å²) in [7, 11) is 0. The lowest BCUT2D eigenvalue weighted by Crippen LogP contribution is -2.53. The lowest BCUT2D eigenvalue weighted by molar-refractivity contribution is -0.180. The third-order valence-corrected chi connectivity index (χ3v) is 3.27. The fraction of sp³-hybridized carbons (Fsp3) is 0.636. The molecule has 1 aliphatic carbocycles. The van der Waals surface area contributed by atoms with E-state index in [4.69, 9.17) is 0 Å². The molecule has 0 unspecified atom stereocenters. The van der Waals surface area contributed by atoms with Crippen LogP contribution in [0.3, 0.4) is 0 Å². The second kappa shape index (κ2) is 3.58. The smallest absolute Gasteiger partial charge is 0.355 e. The molecule has 1 saturated heterocycles. The van der Waals surface area contributed by atoms with Crippen molar-refractivity contribution in [3.05, 3.63) is 18.1 Å². The van der Waals surface area contributed by atoms with Crippen LogP contribution in [0.5, 0.6) is 0 Å². The predicted octanol–water partition coefficient (Wildman–Crippen LogP) is 2.35. The highest BCUT2D eigenvalue weighted by Crippen LogP contribution is 2.39. The molecule has 6 heteroatoms. The minimum Gasteiger partial charge on any atom is -0.355 e. The first-order valence-corrected chi connectivity index (χ1v) is 5.68. The minimum absolute atomic E-state index is 0.0185. The zero-order valence-corrected chi connectivity index (χ0v) is 9.11. The molecule has 1 aromatic rings. The summed E-state index contributed by atoms with van der Waals surface area (Å²) in [5, 5.41) is 0. The maximum atomic E-state index is 12.3. The lowest BCUT2D eigenvalue weighted by atomic mass is 10.00. The van der Waals surface area contributed by atoms with Gasteiger partial charge in [-0.05, 0) is 18.9 Å². The first-order chi connectivity index (χ1) is 8.04. The molecular weight excluding hydrogens is 231 g/mol. The van der Waals surface area contributed by atoms with Gasteiger partial charge in [-0.3, -0.25) is 0 Å². The van der Waals surface area contributed by atoms with Gasteiger partial charge in [0.1, 0.15) is 11.6 Å². The Morgan fingerprint density at radius 1 is 1.24 bits per heavy atom. The van der Waals surface area contributed by atoms with Gasteiger partial charge in [-0.1, -0.05) is 0 Å². The van der Waals surface area contributed by atoms with Crippen LogP contribution < -0.4 is 4.90 Å². The summed E-state index contributed by atoms with van der Waals surface area (Å²) in [6.07, 6.45) is -0.261. The van der Waals surface area contributed by atoms with Crippen LogP contribution in [0.4, 0.5) is 19.0 Å². The SMILES string of the molecule is FC(F)(F)C1CN(c2ccnc(C3CC3)n2)C1. The molecule has 0 bridgehead atoms. The van der Waals surface area contributed by atoms with E-state index in [1.54, 1.807) is 17.2 Å². The van der Waals surface area contributed by atoms with E-state index in [0.717, 1.165) is 18.7 Å². The fourth-order valence-corrected chi connectivity index (χ4v) is 1.95. The topological polar surface area (TPSA) is 29.0 Å². The Hall–Kier alpha value is -1.33. The van der Waals surface area contributed by atoms with Crippen molar-refractivity contribution >= 4 is 5.82 Å². The van der Waals surface area contributed by atoms with Gasteiger partial charge < -0.3 is 4.90 Å². The van der Waals surface area contributed by atoms with Gasteiger partial charge in [0, 0.05) is 25.2 Å². The highest BCUT2D eigenvalue weighted by atomic mass is 19.4. The number of hydrogen-bond acceptors (Lipinski definition) is 3. The van der Waals surface area contributed by atoms with Crippen LogP contribution in [0, 0.1) is 5.92 Å². The Labute approximate surface area is 96.7 Å². The Morgan fingerprint density at radius 2 is 1.94 bits per heavy atom.